The van der Waals surface area contributed by atoms with E-state index in [-0.39, 0.29) is 17.5 Å². The van der Waals surface area contributed by atoms with Gasteiger partial charge in [0.2, 0.25) is 0 Å². The van der Waals surface area contributed by atoms with E-state index >= 15 is 0 Å². The summed E-state index contributed by atoms with van der Waals surface area (Å²) >= 11 is 24.0. The summed E-state index contributed by atoms with van der Waals surface area (Å²) in [5.74, 6) is -0.309. The Morgan fingerprint density at radius 2 is 1.55 bits per heavy atom. The zero-order valence-electron chi connectivity index (χ0n) is 11.3. The summed E-state index contributed by atoms with van der Waals surface area (Å²) in [5, 5.41) is 1.57. The van der Waals surface area contributed by atoms with Crippen LogP contribution < -0.4 is 10.6 Å². The number of nitrogens with zero attached hydrogens (tertiary/aromatic N) is 1. The molecule has 0 atom stereocenters. The van der Waals surface area contributed by atoms with Gasteiger partial charge in [-0.1, -0.05) is 46.4 Å². The Balaban J connectivity index is 2.44. The molecule has 0 fully saturated rings. The predicted octanol–water partition coefficient (Wildman–Crippen LogP) is 4.91. The van der Waals surface area contributed by atoms with E-state index in [1.165, 1.54) is 11.0 Å². The van der Waals surface area contributed by atoms with E-state index in [0.717, 1.165) is 0 Å². The smallest absolute Gasteiger partial charge is 0.259 e. The number of amides is 1. The Morgan fingerprint density at radius 3 is 2.09 bits per heavy atom. The molecule has 0 bridgehead atoms. The molecule has 2 rings (SSSR count). The first-order chi connectivity index (χ1) is 10.4. The molecule has 2 aromatic carbocycles. The topological polar surface area (TPSA) is 46.3 Å². The molecule has 0 aliphatic carbocycles. The summed E-state index contributed by atoms with van der Waals surface area (Å²) in [6.45, 7) is 0.565. The van der Waals surface area contributed by atoms with E-state index in [1.807, 2.05) is 0 Å². The van der Waals surface area contributed by atoms with Crippen molar-refractivity contribution in [1.82, 2.24) is 0 Å². The maximum Gasteiger partial charge on any atom is 0.259 e. The highest BCUT2D eigenvalue weighted by molar-refractivity contribution is 6.38. The van der Waals surface area contributed by atoms with Crippen molar-refractivity contribution in [3.63, 3.8) is 0 Å². The number of anilines is 1. The van der Waals surface area contributed by atoms with Crippen LogP contribution in [0.3, 0.4) is 0 Å². The lowest BCUT2D eigenvalue weighted by atomic mass is 10.1. The molecule has 2 aromatic rings. The highest BCUT2D eigenvalue weighted by Crippen LogP contribution is 2.31. The first-order valence-electron chi connectivity index (χ1n) is 6.36. The third-order valence-corrected chi connectivity index (χ3v) is 4.05. The third-order valence-electron chi connectivity index (χ3n) is 2.96. The van der Waals surface area contributed by atoms with Crippen LogP contribution in [0.5, 0.6) is 0 Å². The standard InChI is InChI=1S/C15H12Cl4N2O/c16-9-1-3-11(12(18)7-9)15(22)21(6-5-20)14-4-2-10(17)8-13(14)19/h1-4,7-8H,5-6,20H2. The molecule has 7 heteroatoms. The van der Waals surface area contributed by atoms with Gasteiger partial charge >= 0.3 is 0 Å². The van der Waals surface area contributed by atoms with Gasteiger partial charge in [-0.15, -0.1) is 0 Å². The molecule has 0 unspecified atom stereocenters. The van der Waals surface area contributed by atoms with Crippen LogP contribution in [0.4, 0.5) is 5.69 Å². The lowest BCUT2D eigenvalue weighted by Crippen LogP contribution is -2.35. The van der Waals surface area contributed by atoms with Crippen molar-refractivity contribution in [1.29, 1.82) is 0 Å². The molecule has 0 heterocycles. The van der Waals surface area contributed by atoms with E-state index in [4.69, 9.17) is 52.1 Å². The maximum atomic E-state index is 12.8. The second-order valence-corrected chi connectivity index (χ2v) is 6.15. The van der Waals surface area contributed by atoms with Crippen LogP contribution in [-0.2, 0) is 0 Å². The Morgan fingerprint density at radius 1 is 0.955 bits per heavy atom. The largest absolute Gasteiger partial charge is 0.329 e. The normalized spacial score (nSPS) is 10.6. The molecule has 116 valence electrons. The molecule has 0 saturated carbocycles. The van der Waals surface area contributed by atoms with Gasteiger partial charge in [0.05, 0.1) is 21.3 Å². The van der Waals surface area contributed by atoms with Gasteiger partial charge < -0.3 is 10.6 Å². The second-order valence-electron chi connectivity index (χ2n) is 4.47. The Labute approximate surface area is 148 Å². The molecule has 1 amide bonds. The highest BCUT2D eigenvalue weighted by atomic mass is 35.5. The Kier molecular flexibility index (Phi) is 5.95. The third kappa shape index (κ3) is 3.86. The number of carbonyl (C=O) groups excluding carboxylic acids is 1. The SMILES string of the molecule is NCCN(C(=O)c1ccc(Cl)cc1Cl)c1ccc(Cl)cc1Cl. The van der Waals surface area contributed by atoms with Gasteiger partial charge in [-0.05, 0) is 36.4 Å². The number of hydrogen-bond acceptors (Lipinski definition) is 2. The van der Waals surface area contributed by atoms with Crippen LogP contribution >= 0.6 is 46.4 Å². The first-order valence-corrected chi connectivity index (χ1v) is 7.87. The first kappa shape index (κ1) is 17.4. The fourth-order valence-electron chi connectivity index (χ4n) is 1.97. The minimum atomic E-state index is -0.309. The van der Waals surface area contributed by atoms with E-state index < -0.39 is 0 Å². The van der Waals surface area contributed by atoms with Gasteiger partial charge in [-0.25, -0.2) is 0 Å². The van der Waals surface area contributed by atoms with Crippen molar-refractivity contribution in [2.75, 3.05) is 18.0 Å². The van der Waals surface area contributed by atoms with Crippen molar-refractivity contribution in [2.24, 2.45) is 5.73 Å². The number of halogens is 4. The van der Waals surface area contributed by atoms with Crippen molar-refractivity contribution >= 4 is 58.0 Å². The van der Waals surface area contributed by atoms with Crippen LogP contribution in [-0.4, -0.2) is 19.0 Å². The summed E-state index contributed by atoms with van der Waals surface area (Å²) in [5.41, 5.74) is 6.45. The molecule has 0 aliphatic heterocycles. The monoisotopic (exact) mass is 376 g/mol. The quantitative estimate of drug-likeness (QED) is 0.822. The van der Waals surface area contributed by atoms with E-state index in [0.29, 0.717) is 32.9 Å². The molecule has 0 spiro atoms. The second kappa shape index (κ2) is 7.53. The van der Waals surface area contributed by atoms with Crippen LogP contribution in [0.2, 0.25) is 20.1 Å². The Bertz CT molecular complexity index is 706. The number of nitrogens with two attached hydrogens (primary N) is 1. The molecule has 0 aliphatic rings. The van der Waals surface area contributed by atoms with E-state index in [1.54, 1.807) is 30.3 Å². The van der Waals surface area contributed by atoms with Crippen LogP contribution in [0.25, 0.3) is 0 Å². The number of benzene rings is 2. The molecular weight excluding hydrogens is 366 g/mol. The molecule has 3 nitrogen and oxygen atoms in total. The maximum absolute atomic E-state index is 12.8. The molecule has 22 heavy (non-hydrogen) atoms. The molecule has 0 radical (unpaired) electrons. The summed E-state index contributed by atoms with van der Waals surface area (Å²) in [6, 6.07) is 9.58. The van der Waals surface area contributed by atoms with Gasteiger partial charge in [0.25, 0.3) is 5.91 Å². The van der Waals surface area contributed by atoms with E-state index in [9.17, 15) is 4.79 Å². The van der Waals surface area contributed by atoms with Crippen molar-refractivity contribution in [3.05, 3.63) is 62.1 Å². The predicted molar refractivity (Wildman–Crippen MR) is 93.7 cm³/mol. The van der Waals surface area contributed by atoms with Crippen molar-refractivity contribution in [2.45, 2.75) is 0 Å². The molecule has 0 aromatic heterocycles. The zero-order valence-corrected chi connectivity index (χ0v) is 14.3. The fourth-order valence-corrected chi connectivity index (χ4v) is 2.97. The Hall–Kier alpha value is -0.970. The van der Waals surface area contributed by atoms with Gasteiger partial charge in [-0.2, -0.15) is 0 Å². The van der Waals surface area contributed by atoms with Crippen molar-refractivity contribution < 1.29 is 4.79 Å². The summed E-state index contributed by atoms with van der Waals surface area (Å²) < 4.78 is 0. The number of hydrogen-bond donors (Lipinski definition) is 1. The van der Waals surface area contributed by atoms with Gasteiger partial charge in [0.1, 0.15) is 0 Å². The lowest BCUT2D eigenvalue weighted by Gasteiger charge is -2.24. The van der Waals surface area contributed by atoms with Crippen LogP contribution in [0.1, 0.15) is 10.4 Å². The average molecular weight is 378 g/mol. The minimum Gasteiger partial charge on any atom is -0.329 e. The summed E-state index contributed by atoms with van der Waals surface area (Å²) in [6.07, 6.45) is 0. The zero-order chi connectivity index (χ0) is 16.3. The van der Waals surface area contributed by atoms with Gasteiger partial charge in [0, 0.05) is 23.1 Å². The number of carbonyl (C=O) groups is 1. The fraction of sp³-hybridized carbons (Fsp3) is 0.133. The summed E-state index contributed by atoms with van der Waals surface area (Å²) in [7, 11) is 0. The van der Waals surface area contributed by atoms with Gasteiger partial charge in [0.15, 0.2) is 0 Å². The highest BCUT2D eigenvalue weighted by Gasteiger charge is 2.21. The minimum absolute atomic E-state index is 0.268. The van der Waals surface area contributed by atoms with Crippen LogP contribution in [0, 0.1) is 0 Å². The number of rotatable bonds is 4. The summed E-state index contributed by atoms with van der Waals surface area (Å²) in [4.78, 5) is 14.2. The molecule has 0 saturated heterocycles. The van der Waals surface area contributed by atoms with Crippen LogP contribution in [0.15, 0.2) is 36.4 Å². The average Bonchev–Trinajstić information content (AvgIpc) is 2.45. The molecule has 2 N–H and O–H groups in total. The van der Waals surface area contributed by atoms with Crippen molar-refractivity contribution in [3.8, 4) is 0 Å². The lowest BCUT2D eigenvalue weighted by molar-refractivity contribution is 0.0988. The molecular formula is C15H12Cl4N2O. The van der Waals surface area contributed by atoms with E-state index in [2.05, 4.69) is 0 Å². The van der Waals surface area contributed by atoms with Gasteiger partial charge in [-0.3, -0.25) is 4.79 Å².